The highest BCUT2D eigenvalue weighted by molar-refractivity contribution is 5.60. The minimum atomic E-state index is -0.342. The molecule has 1 saturated heterocycles. The van der Waals surface area contributed by atoms with Crippen LogP contribution < -0.4 is 14.5 Å². The Balaban J connectivity index is 1.35. The molecular weight excluding hydrogens is 383 g/mol. The standard InChI is InChI=1S/C22H21FN6O/c1-30-19-8-7-17(15-18(19)23)27-11-13-28(14-12-27)21-10-9-20-24-25-22(29(20)26-21)16-5-3-2-4-6-16/h2-10,15H,11-14H2,1H3. The molecule has 0 spiro atoms. The Kier molecular flexibility index (Phi) is 4.66. The summed E-state index contributed by atoms with van der Waals surface area (Å²) >= 11 is 0. The van der Waals surface area contributed by atoms with Crippen LogP contribution in [0.5, 0.6) is 5.75 Å². The number of hydrogen-bond donors (Lipinski definition) is 0. The van der Waals surface area contributed by atoms with E-state index in [1.165, 1.54) is 13.2 Å². The monoisotopic (exact) mass is 404 g/mol. The second-order valence-corrected chi connectivity index (χ2v) is 7.14. The highest BCUT2D eigenvalue weighted by atomic mass is 19.1. The van der Waals surface area contributed by atoms with Crippen LogP contribution in [0, 0.1) is 5.82 Å². The Labute approximate surface area is 173 Å². The van der Waals surface area contributed by atoms with Gasteiger partial charge in [0, 0.05) is 43.5 Å². The lowest BCUT2D eigenvalue weighted by atomic mass is 10.2. The number of piperazine rings is 1. The van der Waals surface area contributed by atoms with Crippen molar-refractivity contribution < 1.29 is 9.13 Å². The molecule has 5 rings (SSSR count). The molecule has 0 bridgehead atoms. The number of benzene rings is 2. The van der Waals surface area contributed by atoms with Gasteiger partial charge < -0.3 is 14.5 Å². The molecule has 0 amide bonds. The van der Waals surface area contributed by atoms with Crippen molar-refractivity contribution >= 4 is 17.2 Å². The van der Waals surface area contributed by atoms with Crippen LogP contribution in [-0.4, -0.2) is 53.1 Å². The average molecular weight is 404 g/mol. The van der Waals surface area contributed by atoms with Gasteiger partial charge in [-0.05, 0) is 24.3 Å². The minimum Gasteiger partial charge on any atom is -0.494 e. The predicted octanol–water partition coefficient (Wildman–Crippen LogP) is 3.27. The summed E-state index contributed by atoms with van der Waals surface area (Å²) in [7, 11) is 1.47. The van der Waals surface area contributed by atoms with Crippen LogP contribution in [0.3, 0.4) is 0 Å². The second-order valence-electron chi connectivity index (χ2n) is 7.14. The number of aromatic nitrogens is 4. The average Bonchev–Trinajstić information content (AvgIpc) is 3.23. The van der Waals surface area contributed by atoms with Gasteiger partial charge in [-0.1, -0.05) is 30.3 Å². The van der Waals surface area contributed by atoms with E-state index >= 15 is 0 Å². The van der Waals surface area contributed by atoms with Gasteiger partial charge >= 0.3 is 0 Å². The first-order valence-corrected chi connectivity index (χ1v) is 9.84. The fraction of sp³-hybridized carbons (Fsp3) is 0.227. The molecular formula is C22H21FN6O. The molecule has 1 aliphatic rings. The molecule has 0 N–H and O–H groups in total. The normalized spacial score (nSPS) is 14.3. The fourth-order valence-electron chi connectivity index (χ4n) is 3.76. The summed E-state index contributed by atoms with van der Waals surface area (Å²) in [5.41, 5.74) is 2.55. The Hall–Kier alpha value is -3.68. The molecule has 1 aliphatic heterocycles. The van der Waals surface area contributed by atoms with Crippen LogP contribution in [0.25, 0.3) is 17.0 Å². The molecule has 2 aromatic carbocycles. The van der Waals surface area contributed by atoms with Crippen LogP contribution in [-0.2, 0) is 0 Å². The van der Waals surface area contributed by atoms with E-state index in [1.807, 2.05) is 48.5 Å². The number of methoxy groups -OCH3 is 1. The Morgan fingerprint density at radius 2 is 1.63 bits per heavy atom. The molecule has 1 fully saturated rings. The largest absolute Gasteiger partial charge is 0.494 e. The summed E-state index contributed by atoms with van der Waals surface area (Å²) in [5, 5.41) is 13.3. The Morgan fingerprint density at radius 3 is 2.37 bits per heavy atom. The molecule has 3 heterocycles. The van der Waals surface area contributed by atoms with Gasteiger partial charge in [0.1, 0.15) is 5.82 Å². The molecule has 0 unspecified atom stereocenters. The summed E-state index contributed by atoms with van der Waals surface area (Å²) in [6.45, 7) is 3.13. The molecule has 0 radical (unpaired) electrons. The molecule has 8 heteroatoms. The number of ether oxygens (including phenoxy) is 1. The topological polar surface area (TPSA) is 58.8 Å². The first-order chi connectivity index (χ1) is 14.7. The van der Waals surface area contributed by atoms with E-state index in [4.69, 9.17) is 9.84 Å². The van der Waals surface area contributed by atoms with Crippen LogP contribution >= 0.6 is 0 Å². The van der Waals surface area contributed by atoms with Gasteiger partial charge in [-0.25, -0.2) is 4.39 Å². The summed E-state index contributed by atoms with van der Waals surface area (Å²) in [6.07, 6.45) is 0. The van der Waals surface area contributed by atoms with E-state index < -0.39 is 0 Å². The van der Waals surface area contributed by atoms with Crippen molar-refractivity contribution in [1.82, 2.24) is 19.8 Å². The number of hydrogen-bond acceptors (Lipinski definition) is 6. The van der Waals surface area contributed by atoms with Crippen LogP contribution in [0.4, 0.5) is 15.9 Å². The third-order valence-corrected chi connectivity index (χ3v) is 5.38. The predicted molar refractivity (Wildman–Crippen MR) is 114 cm³/mol. The SMILES string of the molecule is COc1ccc(N2CCN(c3ccc4nnc(-c5ccccc5)n4n3)CC2)cc1F. The van der Waals surface area contributed by atoms with Gasteiger partial charge in [0.05, 0.1) is 7.11 Å². The summed E-state index contributed by atoms with van der Waals surface area (Å²) in [6, 6.07) is 18.9. The lowest BCUT2D eigenvalue weighted by molar-refractivity contribution is 0.386. The maximum absolute atomic E-state index is 14.1. The third-order valence-electron chi connectivity index (χ3n) is 5.38. The number of fused-ring (bicyclic) bond motifs is 1. The van der Waals surface area contributed by atoms with E-state index in [9.17, 15) is 4.39 Å². The molecule has 152 valence electrons. The van der Waals surface area contributed by atoms with E-state index in [0.29, 0.717) is 5.65 Å². The highest BCUT2D eigenvalue weighted by Gasteiger charge is 2.20. The molecule has 30 heavy (non-hydrogen) atoms. The maximum Gasteiger partial charge on any atom is 0.185 e. The van der Waals surface area contributed by atoms with Gasteiger partial charge in [0.25, 0.3) is 0 Å². The second kappa shape index (κ2) is 7.62. The highest BCUT2D eigenvalue weighted by Crippen LogP contribution is 2.25. The summed E-state index contributed by atoms with van der Waals surface area (Å²) < 4.78 is 20.9. The van der Waals surface area contributed by atoms with E-state index in [2.05, 4.69) is 20.0 Å². The van der Waals surface area contributed by atoms with Gasteiger partial charge in [-0.3, -0.25) is 0 Å². The molecule has 0 aliphatic carbocycles. The lowest BCUT2D eigenvalue weighted by Crippen LogP contribution is -2.47. The number of anilines is 2. The first-order valence-electron chi connectivity index (χ1n) is 9.84. The van der Waals surface area contributed by atoms with Crippen LogP contribution in [0.1, 0.15) is 0 Å². The Morgan fingerprint density at radius 1 is 0.867 bits per heavy atom. The van der Waals surface area contributed by atoms with Crippen LogP contribution in [0.2, 0.25) is 0 Å². The quantitative estimate of drug-likeness (QED) is 0.520. The minimum absolute atomic E-state index is 0.262. The zero-order valence-electron chi connectivity index (χ0n) is 16.6. The summed E-state index contributed by atoms with van der Waals surface area (Å²) in [5.74, 6) is 1.52. The molecule has 0 atom stereocenters. The zero-order valence-corrected chi connectivity index (χ0v) is 16.6. The van der Waals surface area contributed by atoms with Crippen molar-refractivity contribution in [1.29, 1.82) is 0 Å². The fourth-order valence-corrected chi connectivity index (χ4v) is 3.76. The number of nitrogens with zero attached hydrogens (tertiary/aromatic N) is 6. The van der Waals surface area contributed by atoms with Crippen molar-refractivity contribution in [3.8, 4) is 17.1 Å². The molecule has 0 saturated carbocycles. The van der Waals surface area contributed by atoms with E-state index in [-0.39, 0.29) is 11.6 Å². The molecule has 4 aromatic rings. The smallest absolute Gasteiger partial charge is 0.185 e. The van der Waals surface area contributed by atoms with Gasteiger partial charge in [-0.15, -0.1) is 15.3 Å². The molecule has 7 nitrogen and oxygen atoms in total. The number of halogens is 1. The van der Waals surface area contributed by atoms with Gasteiger partial charge in [0.15, 0.2) is 23.0 Å². The van der Waals surface area contributed by atoms with Gasteiger partial charge in [0.2, 0.25) is 0 Å². The first kappa shape index (κ1) is 18.4. The van der Waals surface area contributed by atoms with Gasteiger partial charge in [-0.2, -0.15) is 4.52 Å². The summed E-state index contributed by atoms with van der Waals surface area (Å²) in [4.78, 5) is 4.40. The Bertz CT molecular complexity index is 1170. The molecule has 2 aromatic heterocycles. The third kappa shape index (κ3) is 3.30. The lowest BCUT2D eigenvalue weighted by Gasteiger charge is -2.36. The van der Waals surface area contributed by atoms with Crippen molar-refractivity contribution in [2.24, 2.45) is 0 Å². The van der Waals surface area contributed by atoms with Crippen molar-refractivity contribution in [3.05, 3.63) is 66.5 Å². The van der Waals surface area contributed by atoms with Crippen molar-refractivity contribution in [2.45, 2.75) is 0 Å². The van der Waals surface area contributed by atoms with Crippen molar-refractivity contribution in [2.75, 3.05) is 43.1 Å². The maximum atomic E-state index is 14.1. The zero-order chi connectivity index (χ0) is 20.5. The number of rotatable bonds is 4. The van der Waals surface area contributed by atoms with Crippen molar-refractivity contribution in [3.63, 3.8) is 0 Å². The van der Waals surface area contributed by atoms with E-state index in [1.54, 1.807) is 10.6 Å². The van der Waals surface area contributed by atoms with E-state index in [0.717, 1.165) is 49.1 Å². The van der Waals surface area contributed by atoms with Crippen LogP contribution in [0.15, 0.2) is 60.7 Å².